The molecule has 1 fully saturated rings. The highest BCUT2D eigenvalue weighted by molar-refractivity contribution is 5.31. The summed E-state index contributed by atoms with van der Waals surface area (Å²) in [6, 6.07) is 5.44. The lowest BCUT2D eigenvalue weighted by molar-refractivity contribution is 0.371. The molecule has 3 heteroatoms. The van der Waals surface area contributed by atoms with E-state index in [1.54, 1.807) is 6.07 Å². The van der Waals surface area contributed by atoms with Crippen molar-refractivity contribution in [3.05, 3.63) is 29.6 Å². The van der Waals surface area contributed by atoms with Crippen LogP contribution in [0.4, 0.5) is 4.39 Å². The molecule has 1 aliphatic rings. The van der Waals surface area contributed by atoms with E-state index in [-0.39, 0.29) is 5.82 Å². The summed E-state index contributed by atoms with van der Waals surface area (Å²) in [7, 11) is 1.47. The molecule has 0 aliphatic carbocycles. The Balaban J connectivity index is 2.24. The van der Waals surface area contributed by atoms with Crippen LogP contribution >= 0.6 is 0 Å². The summed E-state index contributed by atoms with van der Waals surface area (Å²) in [5.41, 5.74) is 1.00. The molecule has 0 amide bonds. The molecule has 1 aliphatic heterocycles. The van der Waals surface area contributed by atoms with Gasteiger partial charge in [-0.05, 0) is 30.7 Å². The minimum atomic E-state index is -0.284. The topological polar surface area (TPSA) is 21.3 Å². The third-order valence-electron chi connectivity index (χ3n) is 2.40. The summed E-state index contributed by atoms with van der Waals surface area (Å²) in [4.78, 5) is 0. The van der Waals surface area contributed by atoms with Gasteiger partial charge >= 0.3 is 0 Å². The van der Waals surface area contributed by atoms with Crippen LogP contribution < -0.4 is 10.1 Å². The zero-order chi connectivity index (χ0) is 9.26. The lowest BCUT2D eigenvalue weighted by atomic mass is 9.98. The van der Waals surface area contributed by atoms with E-state index in [0.717, 1.165) is 18.5 Å². The van der Waals surface area contributed by atoms with Gasteiger partial charge in [-0.2, -0.15) is 0 Å². The average molecular weight is 181 g/mol. The number of rotatable bonds is 2. The van der Waals surface area contributed by atoms with E-state index in [4.69, 9.17) is 4.74 Å². The van der Waals surface area contributed by atoms with Crippen molar-refractivity contribution >= 4 is 0 Å². The van der Waals surface area contributed by atoms with E-state index in [9.17, 15) is 4.39 Å². The summed E-state index contributed by atoms with van der Waals surface area (Å²) in [5.74, 6) is 0.0248. The minimum absolute atomic E-state index is 0.284. The highest BCUT2D eigenvalue weighted by Crippen LogP contribution is 2.26. The predicted octanol–water partition coefficient (Wildman–Crippen LogP) is 1.87. The van der Waals surface area contributed by atoms with Crippen molar-refractivity contribution in [1.29, 1.82) is 0 Å². The van der Waals surface area contributed by atoms with Gasteiger partial charge in [0.2, 0.25) is 0 Å². The Morgan fingerprint density at radius 3 is 2.77 bits per heavy atom. The predicted molar refractivity (Wildman–Crippen MR) is 48.3 cm³/mol. The van der Waals surface area contributed by atoms with Crippen molar-refractivity contribution in [2.45, 2.75) is 12.5 Å². The molecule has 0 saturated carbocycles. The van der Waals surface area contributed by atoms with Gasteiger partial charge in [-0.25, -0.2) is 4.39 Å². The second kappa shape index (κ2) is 3.34. The number of hydrogen-bond donors (Lipinski definition) is 1. The summed E-state index contributed by atoms with van der Waals surface area (Å²) < 4.78 is 18.1. The van der Waals surface area contributed by atoms with Crippen molar-refractivity contribution in [3.63, 3.8) is 0 Å². The van der Waals surface area contributed by atoms with Crippen LogP contribution in [0.25, 0.3) is 0 Å². The molecule has 70 valence electrons. The Kier molecular flexibility index (Phi) is 2.19. The fraction of sp³-hybridized carbons (Fsp3) is 0.400. The van der Waals surface area contributed by atoms with E-state index in [0.29, 0.717) is 11.8 Å². The van der Waals surface area contributed by atoms with Gasteiger partial charge in [0.05, 0.1) is 7.11 Å². The van der Waals surface area contributed by atoms with E-state index in [1.165, 1.54) is 13.2 Å². The minimum Gasteiger partial charge on any atom is -0.494 e. The molecule has 0 spiro atoms. The third kappa shape index (κ3) is 1.52. The summed E-state index contributed by atoms with van der Waals surface area (Å²) in [5, 5.41) is 3.22. The van der Waals surface area contributed by atoms with Crippen LogP contribution in [0.15, 0.2) is 18.2 Å². The first kappa shape index (κ1) is 8.51. The van der Waals surface area contributed by atoms with Crippen LogP contribution in [0.2, 0.25) is 0 Å². The van der Waals surface area contributed by atoms with Crippen molar-refractivity contribution in [3.8, 4) is 5.75 Å². The normalized spacial score (nSPS) is 20.9. The quantitative estimate of drug-likeness (QED) is 0.752. The molecule has 2 rings (SSSR count). The molecule has 1 N–H and O–H groups in total. The van der Waals surface area contributed by atoms with Crippen LogP contribution in [-0.2, 0) is 0 Å². The number of nitrogens with one attached hydrogen (secondary N) is 1. The smallest absolute Gasteiger partial charge is 0.165 e. The largest absolute Gasteiger partial charge is 0.494 e. The molecule has 13 heavy (non-hydrogen) atoms. The zero-order valence-corrected chi connectivity index (χ0v) is 7.51. The van der Waals surface area contributed by atoms with Crippen molar-refractivity contribution in [1.82, 2.24) is 5.32 Å². The standard InChI is InChI=1S/C10H12FNO/c1-13-10-3-2-7(6-8(10)11)9-4-5-12-9/h2-3,6,9,12H,4-5H2,1H3/t9-/m0/s1. The fourth-order valence-corrected chi connectivity index (χ4v) is 1.47. The van der Waals surface area contributed by atoms with Gasteiger partial charge < -0.3 is 10.1 Å². The van der Waals surface area contributed by atoms with E-state index < -0.39 is 0 Å². The Hall–Kier alpha value is -1.09. The first-order chi connectivity index (χ1) is 6.31. The molecule has 0 bridgehead atoms. The zero-order valence-electron chi connectivity index (χ0n) is 7.51. The van der Waals surface area contributed by atoms with Crippen LogP contribution in [-0.4, -0.2) is 13.7 Å². The molecular weight excluding hydrogens is 169 g/mol. The molecule has 1 saturated heterocycles. The fourth-order valence-electron chi connectivity index (χ4n) is 1.47. The van der Waals surface area contributed by atoms with Gasteiger partial charge in [-0.3, -0.25) is 0 Å². The molecule has 1 atom stereocenters. The maximum absolute atomic E-state index is 13.2. The molecule has 1 aromatic carbocycles. The lowest BCUT2D eigenvalue weighted by Gasteiger charge is -2.28. The van der Waals surface area contributed by atoms with E-state index in [1.807, 2.05) is 6.07 Å². The second-order valence-electron chi connectivity index (χ2n) is 3.19. The SMILES string of the molecule is COc1ccc([C@@H]2CCN2)cc1F. The first-order valence-corrected chi connectivity index (χ1v) is 4.38. The Morgan fingerprint density at radius 1 is 1.54 bits per heavy atom. The van der Waals surface area contributed by atoms with Gasteiger partial charge in [0.15, 0.2) is 11.6 Å². The second-order valence-corrected chi connectivity index (χ2v) is 3.19. The molecule has 1 heterocycles. The van der Waals surface area contributed by atoms with E-state index in [2.05, 4.69) is 5.32 Å². The maximum Gasteiger partial charge on any atom is 0.165 e. The molecule has 0 radical (unpaired) electrons. The Bertz CT molecular complexity index is 310. The molecule has 0 unspecified atom stereocenters. The summed E-state index contributed by atoms with van der Waals surface area (Å²) >= 11 is 0. The monoisotopic (exact) mass is 181 g/mol. The highest BCUT2D eigenvalue weighted by Gasteiger charge is 2.19. The molecule has 2 nitrogen and oxygen atoms in total. The number of ether oxygens (including phenoxy) is 1. The Labute approximate surface area is 76.7 Å². The molecule has 0 aromatic heterocycles. The Morgan fingerprint density at radius 2 is 2.31 bits per heavy atom. The van der Waals surface area contributed by atoms with Crippen LogP contribution in [0.5, 0.6) is 5.75 Å². The maximum atomic E-state index is 13.2. The number of methoxy groups -OCH3 is 1. The molecule has 1 aromatic rings. The summed E-state index contributed by atoms with van der Waals surface area (Å²) in [6.45, 7) is 1.03. The van der Waals surface area contributed by atoms with Gasteiger partial charge in [-0.1, -0.05) is 6.07 Å². The van der Waals surface area contributed by atoms with Crippen molar-refractivity contribution in [2.24, 2.45) is 0 Å². The number of benzene rings is 1. The average Bonchev–Trinajstić information content (AvgIpc) is 2.01. The van der Waals surface area contributed by atoms with E-state index >= 15 is 0 Å². The number of halogens is 1. The third-order valence-corrected chi connectivity index (χ3v) is 2.40. The lowest BCUT2D eigenvalue weighted by Crippen LogP contribution is -2.34. The first-order valence-electron chi connectivity index (χ1n) is 4.38. The summed E-state index contributed by atoms with van der Waals surface area (Å²) in [6.07, 6.45) is 1.09. The number of hydrogen-bond acceptors (Lipinski definition) is 2. The van der Waals surface area contributed by atoms with Crippen LogP contribution in [0.3, 0.4) is 0 Å². The van der Waals surface area contributed by atoms with Gasteiger partial charge in [0.25, 0.3) is 0 Å². The van der Waals surface area contributed by atoms with Crippen molar-refractivity contribution in [2.75, 3.05) is 13.7 Å². The van der Waals surface area contributed by atoms with Crippen LogP contribution in [0.1, 0.15) is 18.0 Å². The van der Waals surface area contributed by atoms with Gasteiger partial charge in [-0.15, -0.1) is 0 Å². The van der Waals surface area contributed by atoms with Gasteiger partial charge in [0, 0.05) is 6.04 Å². The van der Waals surface area contributed by atoms with Gasteiger partial charge in [0.1, 0.15) is 0 Å². The molecular formula is C10H12FNO. The van der Waals surface area contributed by atoms with Crippen LogP contribution in [0, 0.1) is 5.82 Å². The highest BCUT2D eigenvalue weighted by atomic mass is 19.1. The van der Waals surface area contributed by atoms with Crippen molar-refractivity contribution < 1.29 is 9.13 Å².